The van der Waals surface area contributed by atoms with Crippen LogP contribution in [0.5, 0.6) is 0 Å². The summed E-state index contributed by atoms with van der Waals surface area (Å²) in [7, 11) is 0. The van der Waals surface area contributed by atoms with E-state index in [9.17, 15) is 26.7 Å². The Morgan fingerprint density at radius 3 is 2.00 bits per heavy atom. The lowest BCUT2D eigenvalue weighted by molar-refractivity contribution is -0.141. The van der Waals surface area contributed by atoms with Gasteiger partial charge in [0.25, 0.3) is 0 Å². The van der Waals surface area contributed by atoms with Crippen molar-refractivity contribution in [1.29, 1.82) is 0 Å². The quantitative estimate of drug-likeness (QED) is 0.188. The highest BCUT2D eigenvalue weighted by molar-refractivity contribution is 5.84. The van der Waals surface area contributed by atoms with Gasteiger partial charge >= 0.3 is 6.18 Å². The average molecular weight is 577 g/mol. The fourth-order valence-corrected chi connectivity index (χ4v) is 3.84. The van der Waals surface area contributed by atoms with Crippen LogP contribution in [0.25, 0.3) is 0 Å². The van der Waals surface area contributed by atoms with Crippen molar-refractivity contribution < 1.29 is 26.7 Å². The molecule has 8 heteroatoms. The SMILES string of the molecule is CCCC(=O)CC(C)c1ccccc1.CCCCC(C)=Nc1ccc(C(F)(F)F)nc1C.Cc1cc(F)cc(F)c1. The third-order valence-electron chi connectivity index (χ3n) is 5.99. The largest absolute Gasteiger partial charge is 0.433 e. The van der Waals surface area contributed by atoms with Crippen LogP contribution in [0, 0.1) is 25.5 Å². The maximum absolute atomic E-state index is 12.4. The number of ketones is 1. The number of alkyl halides is 3. The van der Waals surface area contributed by atoms with Gasteiger partial charge in [-0.1, -0.05) is 57.5 Å². The second-order valence-electron chi connectivity index (χ2n) is 10.0. The summed E-state index contributed by atoms with van der Waals surface area (Å²) in [5.74, 6) is -0.306. The number of unbranched alkanes of at least 4 members (excludes halogenated alkanes) is 1. The van der Waals surface area contributed by atoms with E-state index in [0.717, 1.165) is 49.9 Å². The normalized spacial score (nSPS) is 12.0. The Balaban J connectivity index is 0.000000324. The van der Waals surface area contributed by atoms with E-state index in [1.54, 1.807) is 13.8 Å². The van der Waals surface area contributed by atoms with Crippen LogP contribution in [0.15, 0.2) is 65.7 Å². The minimum Gasteiger partial charge on any atom is -0.300 e. The average Bonchev–Trinajstić information content (AvgIpc) is 2.88. The van der Waals surface area contributed by atoms with Crippen molar-refractivity contribution in [2.24, 2.45) is 4.99 Å². The van der Waals surface area contributed by atoms with E-state index < -0.39 is 23.5 Å². The Morgan fingerprint density at radius 1 is 0.902 bits per heavy atom. The molecule has 0 amide bonds. The number of hydrogen-bond donors (Lipinski definition) is 0. The number of rotatable bonds is 9. The van der Waals surface area contributed by atoms with Crippen molar-refractivity contribution in [2.75, 3.05) is 0 Å². The van der Waals surface area contributed by atoms with Crippen molar-refractivity contribution in [1.82, 2.24) is 4.98 Å². The minimum atomic E-state index is -4.40. The van der Waals surface area contributed by atoms with Crippen LogP contribution in [0.4, 0.5) is 27.6 Å². The van der Waals surface area contributed by atoms with E-state index >= 15 is 0 Å². The van der Waals surface area contributed by atoms with Gasteiger partial charge in [-0.3, -0.25) is 9.79 Å². The number of carbonyl (C=O) groups is 1. The summed E-state index contributed by atoms with van der Waals surface area (Å²) >= 11 is 0. The Labute approximate surface area is 241 Å². The molecule has 0 saturated heterocycles. The number of hydrogen-bond acceptors (Lipinski definition) is 3. The van der Waals surface area contributed by atoms with Gasteiger partial charge in [0, 0.05) is 24.6 Å². The van der Waals surface area contributed by atoms with Crippen molar-refractivity contribution in [3.63, 3.8) is 0 Å². The standard InChI is InChI=1S/C13H17F3N2.C13H18O.C7H6F2/c1-4-5-6-9(2)17-11-7-8-12(13(14,15)16)18-10(11)3;1-3-7-13(14)10-11(2)12-8-5-4-6-9-12;1-5-2-6(8)4-7(9)3-5/h7-8H,4-6H2,1-3H3;4-6,8-9,11H,3,7,10H2,1-2H3;2-4H,1H3. The van der Waals surface area contributed by atoms with Gasteiger partial charge in [0.15, 0.2) is 0 Å². The molecule has 0 aliphatic carbocycles. The highest BCUT2D eigenvalue weighted by Gasteiger charge is 2.32. The Morgan fingerprint density at radius 2 is 1.51 bits per heavy atom. The maximum atomic E-state index is 12.4. The third-order valence-corrected chi connectivity index (χ3v) is 5.99. The predicted octanol–water partition coefficient (Wildman–Crippen LogP) is 10.5. The summed E-state index contributed by atoms with van der Waals surface area (Å²) in [5, 5.41) is 0. The molecule has 0 fully saturated rings. The lowest BCUT2D eigenvalue weighted by Gasteiger charge is -2.10. The summed E-state index contributed by atoms with van der Waals surface area (Å²) in [5.41, 5.74) is 2.73. The van der Waals surface area contributed by atoms with Crippen LogP contribution in [0.3, 0.4) is 0 Å². The monoisotopic (exact) mass is 576 g/mol. The second kappa shape index (κ2) is 18.1. The number of benzene rings is 2. The summed E-state index contributed by atoms with van der Waals surface area (Å²) in [6.07, 6.45) is 0.913. The zero-order chi connectivity index (χ0) is 31.0. The molecule has 1 heterocycles. The van der Waals surface area contributed by atoms with Crippen LogP contribution >= 0.6 is 0 Å². The highest BCUT2D eigenvalue weighted by Crippen LogP contribution is 2.30. The first-order valence-electron chi connectivity index (χ1n) is 13.8. The number of aromatic nitrogens is 1. The molecule has 0 N–H and O–H groups in total. The molecule has 1 aromatic heterocycles. The molecule has 1 unspecified atom stereocenters. The van der Waals surface area contributed by atoms with Crippen molar-refractivity contribution in [3.8, 4) is 0 Å². The van der Waals surface area contributed by atoms with Gasteiger partial charge in [-0.15, -0.1) is 0 Å². The predicted molar refractivity (Wildman–Crippen MR) is 157 cm³/mol. The molecule has 0 aliphatic heterocycles. The smallest absolute Gasteiger partial charge is 0.300 e. The molecule has 3 aromatic rings. The number of carbonyl (C=O) groups excluding carboxylic acids is 1. The van der Waals surface area contributed by atoms with Gasteiger partial charge in [-0.05, 0) is 81.3 Å². The van der Waals surface area contributed by atoms with E-state index in [-0.39, 0.29) is 0 Å². The molecule has 3 rings (SSSR count). The van der Waals surface area contributed by atoms with Crippen molar-refractivity contribution in [3.05, 3.63) is 94.8 Å². The number of halogens is 5. The lowest BCUT2D eigenvalue weighted by Crippen LogP contribution is -2.08. The molecule has 0 radical (unpaired) electrons. The van der Waals surface area contributed by atoms with Crippen LogP contribution in [-0.4, -0.2) is 16.5 Å². The van der Waals surface area contributed by atoms with Gasteiger partial charge in [0.2, 0.25) is 0 Å². The topological polar surface area (TPSA) is 42.3 Å². The molecule has 3 nitrogen and oxygen atoms in total. The minimum absolute atomic E-state index is 0.306. The Hall–Kier alpha value is -3.42. The highest BCUT2D eigenvalue weighted by atomic mass is 19.4. The molecule has 0 saturated carbocycles. The molecular weight excluding hydrogens is 535 g/mol. The molecule has 0 bridgehead atoms. The first kappa shape index (κ1) is 35.6. The van der Waals surface area contributed by atoms with Crippen LogP contribution in [0.1, 0.15) is 94.7 Å². The van der Waals surface area contributed by atoms with E-state index in [1.807, 2.05) is 32.0 Å². The van der Waals surface area contributed by atoms with E-state index in [0.29, 0.717) is 35.1 Å². The molecular formula is C33H41F5N2O. The molecule has 0 aliphatic rings. The number of Topliss-reactive ketones (excluding diaryl/α,β-unsaturated/α-hetero) is 1. The van der Waals surface area contributed by atoms with Gasteiger partial charge in [-0.2, -0.15) is 13.2 Å². The number of aryl methyl sites for hydroxylation is 2. The first-order valence-corrected chi connectivity index (χ1v) is 13.8. The lowest BCUT2D eigenvalue weighted by atomic mass is 9.94. The second-order valence-corrected chi connectivity index (χ2v) is 10.0. The maximum Gasteiger partial charge on any atom is 0.433 e. The Bertz CT molecular complexity index is 1190. The Kier molecular flexibility index (Phi) is 15.7. The number of aliphatic imine (C=N–C) groups is 1. The molecule has 41 heavy (non-hydrogen) atoms. The van der Waals surface area contributed by atoms with Crippen molar-refractivity contribution >= 4 is 17.2 Å². The zero-order valence-electron chi connectivity index (χ0n) is 24.8. The zero-order valence-corrected chi connectivity index (χ0v) is 24.8. The van der Waals surface area contributed by atoms with Crippen molar-refractivity contribution in [2.45, 2.75) is 92.2 Å². The van der Waals surface area contributed by atoms with Gasteiger partial charge < -0.3 is 0 Å². The summed E-state index contributed by atoms with van der Waals surface area (Å²) in [6.45, 7) is 11.3. The number of nitrogens with zero attached hydrogens (tertiary/aromatic N) is 2. The van der Waals surface area contributed by atoms with E-state index in [2.05, 4.69) is 36.0 Å². The van der Waals surface area contributed by atoms with Gasteiger partial charge in [-0.25, -0.2) is 13.8 Å². The van der Waals surface area contributed by atoms with E-state index in [4.69, 9.17) is 0 Å². The first-order chi connectivity index (χ1) is 19.3. The summed E-state index contributed by atoms with van der Waals surface area (Å²) in [4.78, 5) is 19.3. The van der Waals surface area contributed by atoms with Crippen LogP contribution in [0.2, 0.25) is 0 Å². The fraction of sp³-hybridized carbons (Fsp3) is 0.424. The summed E-state index contributed by atoms with van der Waals surface area (Å²) in [6, 6.07) is 16.0. The van der Waals surface area contributed by atoms with Crippen LogP contribution < -0.4 is 0 Å². The molecule has 224 valence electrons. The van der Waals surface area contributed by atoms with E-state index in [1.165, 1.54) is 23.8 Å². The van der Waals surface area contributed by atoms with Crippen LogP contribution in [-0.2, 0) is 11.0 Å². The fourth-order valence-electron chi connectivity index (χ4n) is 3.84. The molecule has 0 spiro atoms. The van der Waals surface area contributed by atoms with Gasteiger partial charge in [0.05, 0.1) is 11.4 Å². The molecule has 1 atom stereocenters. The third kappa shape index (κ3) is 14.7. The summed E-state index contributed by atoms with van der Waals surface area (Å²) < 4.78 is 61.7. The van der Waals surface area contributed by atoms with Gasteiger partial charge in [0.1, 0.15) is 23.1 Å². The molecule has 2 aromatic carbocycles. The number of pyridine rings is 1.